The van der Waals surface area contributed by atoms with Crippen LogP contribution in [0.5, 0.6) is 0 Å². The third-order valence-electron chi connectivity index (χ3n) is 3.08. The van der Waals surface area contributed by atoms with Gasteiger partial charge in [-0.3, -0.25) is 4.79 Å². The summed E-state index contributed by atoms with van der Waals surface area (Å²) >= 11 is 0. The zero-order chi connectivity index (χ0) is 13.5. The number of hydrogen-bond acceptors (Lipinski definition) is 2. The fourth-order valence-corrected chi connectivity index (χ4v) is 1.87. The Morgan fingerprint density at radius 3 is 2.78 bits per heavy atom. The molecule has 1 aromatic rings. The van der Waals surface area contributed by atoms with Gasteiger partial charge in [0.25, 0.3) is 5.91 Å². The lowest BCUT2D eigenvalue weighted by molar-refractivity contribution is 0.0935. The van der Waals surface area contributed by atoms with Crippen molar-refractivity contribution in [3.05, 3.63) is 35.4 Å². The molecule has 0 saturated carbocycles. The van der Waals surface area contributed by atoms with Crippen molar-refractivity contribution in [2.75, 3.05) is 0 Å². The van der Waals surface area contributed by atoms with Crippen LogP contribution in [0.3, 0.4) is 0 Å². The number of rotatable bonds is 5. The maximum atomic E-state index is 12.0. The third kappa shape index (κ3) is 4.21. The second-order valence-electron chi connectivity index (χ2n) is 4.82. The highest BCUT2D eigenvalue weighted by atomic mass is 16.1. The van der Waals surface area contributed by atoms with Gasteiger partial charge in [0.05, 0.1) is 11.6 Å². The lowest BCUT2D eigenvalue weighted by Gasteiger charge is -2.17. The summed E-state index contributed by atoms with van der Waals surface area (Å²) in [6.07, 6.45) is 2.09. The van der Waals surface area contributed by atoms with Gasteiger partial charge in [-0.05, 0) is 37.5 Å². The van der Waals surface area contributed by atoms with E-state index in [0.717, 1.165) is 12.8 Å². The lowest BCUT2D eigenvalue weighted by Crippen LogP contribution is -2.33. The summed E-state index contributed by atoms with van der Waals surface area (Å²) < 4.78 is 0. The smallest absolute Gasteiger partial charge is 0.251 e. The molecule has 18 heavy (non-hydrogen) atoms. The van der Waals surface area contributed by atoms with E-state index in [1.54, 1.807) is 24.3 Å². The number of amides is 1. The molecule has 3 nitrogen and oxygen atoms in total. The Hall–Kier alpha value is -1.82. The SMILES string of the molecule is CCC(C)CC(C)NC(=O)c1cccc(C#N)c1. The molecule has 0 radical (unpaired) electrons. The van der Waals surface area contributed by atoms with E-state index in [1.807, 2.05) is 13.0 Å². The predicted octanol–water partition coefficient (Wildman–Crippen LogP) is 3.11. The Morgan fingerprint density at radius 1 is 1.44 bits per heavy atom. The average Bonchev–Trinajstić information content (AvgIpc) is 2.38. The largest absolute Gasteiger partial charge is 0.350 e. The van der Waals surface area contributed by atoms with Crippen molar-refractivity contribution in [3.8, 4) is 6.07 Å². The minimum Gasteiger partial charge on any atom is -0.350 e. The first-order valence-electron chi connectivity index (χ1n) is 6.37. The van der Waals surface area contributed by atoms with Gasteiger partial charge in [-0.15, -0.1) is 0 Å². The number of carbonyl (C=O) groups excluding carboxylic acids is 1. The van der Waals surface area contributed by atoms with Crippen molar-refractivity contribution in [2.24, 2.45) is 5.92 Å². The van der Waals surface area contributed by atoms with Crippen LogP contribution in [0.15, 0.2) is 24.3 Å². The number of carbonyl (C=O) groups is 1. The van der Waals surface area contributed by atoms with Gasteiger partial charge < -0.3 is 5.32 Å². The molecule has 3 heteroatoms. The molecule has 0 spiro atoms. The molecule has 0 aromatic heterocycles. The van der Waals surface area contributed by atoms with Crippen molar-refractivity contribution in [3.63, 3.8) is 0 Å². The molecule has 96 valence electrons. The van der Waals surface area contributed by atoms with E-state index >= 15 is 0 Å². The average molecular weight is 244 g/mol. The highest BCUT2D eigenvalue weighted by Gasteiger charge is 2.12. The van der Waals surface area contributed by atoms with Crippen LogP contribution >= 0.6 is 0 Å². The quantitative estimate of drug-likeness (QED) is 0.865. The van der Waals surface area contributed by atoms with Crippen LogP contribution in [-0.4, -0.2) is 11.9 Å². The first kappa shape index (κ1) is 14.2. The molecule has 1 amide bonds. The molecule has 1 aromatic carbocycles. The highest BCUT2D eigenvalue weighted by molar-refractivity contribution is 5.94. The topological polar surface area (TPSA) is 52.9 Å². The van der Waals surface area contributed by atoms with Crippen molar-refractivity contribution in [1.29, 1.82) is 5.26 Å². The fourth-order valence-electron chi connectivity index (χ4n) is 1.87. The van der Waals surface area contributed by atoms with Gasteiger partial charge in [0.1, 0.15) is 0 Å². The fraction of sp³-hybridized carbons (Fsp3) is 0.467. The lowest BCUT2D eigenvalue weighted by atomic mass is 10.00. The van der Waals surface area contributed by atoms with Crippen LogP contribution in [0.4, 0.5) is 0 Å². The van der Waals surface area contributed by atoms with E-state index in [1.165, 1.54) is 0 Å². The van der Waals surface area contributed by atoms with Crippen LogP contribution < -0.4 is 5.32 Å². The number of benzene rings is 1. The Bertz CT molecular complexity index is 448. The van der Waals surface area contributed by atoms with Crippen LogP contribution in [0.2, 0.25) is 0 Å². The number of nitriles is 1. The summed E-state index contributed by atoms with van der Waals surface area (Å²) in [4.78, 5) is 12.0. The summed E-state index contributed by atoms with van der Waals surface area (Å²) in [5.41, 5.74) is 1.06. The summed E-state index contributed by atoms with van der Waals surface area (Å²) in [6.45, 7) is 6.34. The van der Waals surface area contributed by atoms with E-state index in [0.29, 0.717) is 17.0 Å². The molecule has 0 aliphatic heterocycles. The molecule has 0 aliphatic rings. The van der Waals surface area contributed by atoms with Gasteiger partial charge in [-0.25, -0.2) is 0 Å². The van der Waals surface area contributed by atoms with Crippen LogP contribution in [0.25, 0.3) is 0 Å². The van der Waals surface area contributed by atoms with Crippen molar-refractivity contribution >= 4 is 5.91 Å². The Kier molecular flexibility index (Phi) is 5.38. The number of hydrogen-bond donors (Lipinski definition) is 1. The molecule has 0 fully saturated rings. The van der Waals surface area contributed by atoms with Crippen LogP contribution in [0.1, 0.15) is 49.5 Å². The molecule has 1 rings (SSSR count). The van der Waals surface area contributed by atoms with E-state index in [-0.39, 0.29) is 11.9 Å². The second kappa shape index (κ2) is 6.80. The first-order valence-corrected chi connectivity index (χ1v) is 6.37. The van der Waals surface area contributed by atoms with Crippen molar-refractivity contribution in [1.82, 2.24) is 5.32 Å². The number of nitrogens with one attached hydrogen (secondary N) is 1. The molecular formula is C15H20N2O. The van der Waals surface area contributed by atoms with Gasteiger partial charge in [-0.1, -0.05) is 26.3 Å². The van der Waals surface area contributed by atoms with Gasteiger partial charge in [0.15, 0.2) is 0 Å². The normalized spacial score (nSPS) is 13.4. The van der Waals surface area contributed by atoms with Gasteiger partial charge >= 0.3 is 0 Å². The van der Waals surface area contributed by atoms with Gasteiger partial charge in [0.2, 0.25) is 0 Å². The summed E-state index contributed by atoms with van der Waals surface area (Å²) in [6, 6.07) is 8.96. The van der Waals surface area contributed by atoms with Crippen molar-refractivity contribution in [2.45, 2.75) is 39.7 Å². The minimum atomic E-state index is -0.108. The summed E-state index contributed by atoms with van der Waals surface area (Å²) in [5, 5.41) is 11.8. The number of nitrogens with zero attached hydrogens (tertiary/aromatic N) is 1. The van der Waals surface area contributed by atoms with Gasteiger partial charge in [0, 0.05) is 11.6 Å². The van der Waals surface area contributed by atoms with Crippen LogP contribution in [0, 0.1) is 17.2 Å². The molecule has 0 saturated heterocycles. The van der Waals surface area contributed by atoms with E-state index < -0.39 is 0 Å². The zero-order valence-electron chi connectivity index (χ0n) is 11.2. The molecule has 0 heterocycles. The standard InChI is InChI=1S/C15H20N2O/c1-4-11(2)8-12(3)17-15(18)14-7-5-6-13(9-14)10-16/h5-7,9,11-12H,4,8H2,1-3H3,(H,17,18). The van der Waals surface area contributed by atoms with Gasteiger partial charge in [-0.2, -0.15) is 5.26 Å². The first-order chi connectivity index (χ1) is 8.56. The van der Waals surface area contributed by atoms with E-state index in [2.05, 4.69) is 19.2 Å². The maximum absolute atomic E-state index is 12.0. The molecular weight excluding hydrogens is 224 g/mol. The predicted molar refractivity (Wildman–Crippen MR) is 72.2 cm³/mol. The highest BCUT2D eigenvalue weighted by Crippen LogP contribution is 2.10. The molecule has 0 aliphatic carbocycles. The minimum absolute atomic E-state index is 0.108. The molecule has 2 unspecified atom stereocenters. The Labute approximate surface area is 109 Å². The van der Waals surface area contributed by atoms with Crippen LogP contribution in [-0.2, 0) is 0 Å². The molecule has 0 bridgehead atoms. The third-order valence-corrected chi connectivity index (χ3v) is 3.08. The van der Waals surface area contributed by atoms with E-state index in [9.17, 15) is 4.79 Å². The molecule has 2 atom stereocenters. The maximum Gasteiger partial charge on any atom is 0.251 e. The zero-order valence-corrected chi connectivity index (χ0v) is 11.2. The monoisotopic (exact) mass is 244 g/mol. The Balaban J connectivity index is 2.62. The Morgan fingerprint density at radius 2 is 2.17 bits per heavy atom. The molecule has 1 N–H and O–H groups in total. The second-order valence-corrected chi connectivity index (χ2v) is 4.82. The van der Waals surface area contributed by atoms with Crippen molar-refractivity contribution < 1.29 is 4.79 Å². The van der Waals surface area contributed by atoms with E-state index in [4.69, 9.17) is 5.26 Å². The summed E-state index contributed by atoms with van der Waals surface area (Å²) in [5.74, 6) is 0.494. The summed E-state index contributed by atoms with van der Waals surface area (Å²) in [7, 11) is 0.